The zero-order valence-corrected chi connectivity index (χ0v) is 13.8. The van der Waals surface area contributed by atoms with E-state index in [1.165, 1.54) is 0 Å². The van der Waals surface area contributed by atoms with Gasteiger partial charge in [0, 0.05) is 20.0 Å². The maximum absolute atomic E-state index is 12.3. The van der Waals surface area contributed by atoms with Crippen molar-refractivity contribution in [3.8, 4) is 0 Å². The fourth-order valence-electron chi connectivity index (χ4n) is 2.73. The van der Waals surface area contributed by atoms with Gasteiger partial charge in [-0.15, -0.1) is 11.3 Å². The summed E-state index contributed by atoms with van der Waals surface area (Å²) >= 11 is 4.97. The number of carboxylic acids is 1. The molecule has 0 radical (unpaired) electrons. The molecule has 4 nitrogen and oxygen atoms in total. The van der Waals surface area contributed by atoms with Gasteiger partial charge in [-0.05, 0) is 45.8 Å². The minimum absolute atomic E-state index is 0.0865. The van der Waals surface area contributed by atoms with Crippen LogP contribution in [0.2, 0.25) is 0 Å². The first kappa shape index (κ1) is 15.5. The number of aliphatic carboxylic acids is 1. The number of carbonyl (C=O) groups is 2. The third-order valence-electron chi connectivity index (χ3n) is 3.97. The second-order valence-electron chi connectivity index (χ2n) is 5.48. The van der Waals surface area contributed by atoms with Crippen LogP contribution in [0.5, 0.6) is 0 Å². The summed E-state index contributed by atoms with van der Waals surface area (Å²) in [5.74, 6) is -0.911. The zero-order chi connectivity index (χ0) is 14.8. The van der Waals surface area contributed by atoms with E-state index in [2.05, 4.69) is 15.9 Å². The first-order valence-corrected chi connectivity index (χ1v) is 8.30. The van der Waals surface area contributed by atoms with Gasteiger partial charge in [0.1, 0.15) is 0 Å². The molecule has 0 aliphatic heterocycles. The fourth-order valence-corrected chi connectivity index (χ4v) is 3.93. The summed E-state index contributed by atoms with van der Waals surface area (Å²) < 4.78 is 1.03. The third-order valence-corrected chi connectivity index (χ3v) is 5.52. The molecule has 0 bridgehead atoms. The molecule has 1 amide bonds. The number of rotatable bonds is 5. The maximum Gasteiger partial charge on any atom is 0.310 e. The minimum atomic E-state index is -0.833. The van der Waals surface area contributed by atoms with Crippen molar-refractivity contribution >= 4 is 39.1 Å². The quantitative estimate of drug-likeness (QED) is 0.874. The van der Waals surface area contributed by atoms with Gasteiger partial charge in [-0.25, -0.2) is 0 Å². The second kappa shape index (κ2) is 6.26. The van der Waals surface area contributed by atoms with E-state index in [0.29, 0.717) is 19.4 Å². The number of hydrogen-bond acceptors (Lipinski definition) is 3. The molecule has 1 aliphatic rings. The second-order valence-corrected chi connectivity index (χ2v) is 7.77. The Morgan fingerprint density at radius 1 is 1.45 bits per heavy atom. The molecule has 6 heteroatoms. The molecule has 1 aliphatic carbocycles. The number of carboxylic acid groups (broad SMARTS) is 1. The molecule has 1 saturated carbocycles. The highest BCUT2D eigenvalue weighted by molar-refractivity contribution is 9.11. The first-order chi connectivity index (χ1) is 9.43. The van der Waals surface area contributed by atoms with Crippen LogP contribution in [0.3, 0.4) is 0 Å². The van der Waals surface area contributed by atoms with E-state index in [4.69, 9.17) is 0 Å². The van der Waals surface area contributed by atoms with E-state index in [1.54, 1.807) is 23.3 Å². The Labute approximate surface area is 130 Å². The molecule has 20 heavy (non-hydrogen) atoms. The Balaban J connectivity index is 1.98. The van der Waals surface area contributed by atoms with Crippen molar-refractivity contribution in [1.82, 2.24) is 4.90 Å². The van der Waals surface area contributed by atoms with Crippen molar-refractivity contribution < 1.29 is 14.7 Å². The minimum Gasteiger partial charge on any atom is -0.481 e. The van der Waals surface area contributed by atoms with Crippen molar-refractivity contribution in [2.75, 3.05) is 7.05 Å². The lowest BCUT2D eigenvalue weighted by atomic mass is 9.82. The normalized spacial score (nSPS) is 17.1. The van der Waals surface area contributed by atoms with Crippen molar-refractivity contribution in [2.45, 2.75) is 38.6 Å². The van der Waals surface area contributed by atoms with Crippen molar-refractivity contribution in [3.05, 3.63) is 20.8 Å². The fraction of sp³-hybridized carbons (Fsp3) is 0.571. The van der Waals surface area contributed by atoms with Gasteiger partial charge in [0.15, 0.2) is 0 Å². The van der Waals surface area contributed by atoms with Gasteiger partial charge in [0.25, 0.3) is 0 Å². The Hall–Kier alpha value is -0.880. The van der Waals surface area contributed by atoms with E-state index in [-0.39, 0.29) is 12.3 Å². The van der Waals surface area contributed by atoms with Gasteiger partial charge in [0.2, 0.25) is 5.91 Å². The summed E-state index contributed by atoms with van der Waals surface area (Å²) in [6.07, 6.45) is 3.16. The van der Waals surface area contributed by atoms with Gasteiger partial charge in [-0.3, -0.25) is 9.59 Å². The van der Waals surface area contributed by atoms with Crippen LogP contribution >= 0.6 is 27.3 Å². The van der Waals surface area contributed by atoms with Gasteiger partial charge >= 0.3 is 5.97 Å². The number of carbonyl (C=O) groups excluding carboxylic acids is 1. The molecule has 1 aromatic rings. The van der Waals surface area contributed by atoms with Crippen LogP contribution in [-0.4, -0.2) is 28.9 Å². The molecule has 110 valence electrons. The van der Waals surface area contributed by atoms with Crippen molar-refractivity contribution in [1.29, 1.82) is 0 Å². The lowest BCUT2D eigenvalue weighted by Gasteiger charge is -2.26. The number of hydrogen-bond donors (Lipinski definition) is 1. The average molecular weight is 360 g/mol. The molecule has 0 aromatic carbocycles. The van der Waals surface area contributed by atoms with Gasteiger partial charge in [0.05, 0.1) is 9.20 Å². The van der Waals surface area contributed by atoms with E-state index < -0.39 is 11.4 Å². The maximum atomic E-state index is 12.3. The predicted molar refractivity (Wildman–Crippen MR) is 81.6 cm³/mol. The molecule has 0 atom stereocenters. The van der Waals surface area contributed by atoms with Crippen LogP contribution in [0, 0.1) is 5.41 Å². The van der Waals surface area contributed by atoms with E-state index in [9.17, 15) is 14.7 Å². The third kappa shape index (κ3) is 3.41. The molecule has 1 heterocycles. The summed E-state index contributed by atoms with van der Waals surface area (Å²) in [5.41, 5.74) is 0.231. The molecule has 2 rings (SSSR count). The molecular formula is C14H18BrNO3S. The lowest BCUT2D eigenvalue weighted by molar-refractivity contribution is -0.153. The van der Waals surface area contributed by atoms with Crippen LogP contribution in [0.4, 0.5) is 0 Å². The Morgan fingerprint density at radius 3 is 2.60 bits per heavy atom. The molecule has 1 aromatic heterocycles. The number of halogens is 1. The Morgan fingerprint density at radius 2 is 2.10 bits per heavy atom. The van der Waals surface area contributed by atoms with Gasteiger partial charge in [-0.2, -0.15) is 0 Å². The summed E-state index contributed by atoms with van der Waals surface area (Å²) in [4.78, 5) is 25.4. The molecular weight excluding hydrogens is 342 g/mol. The molecule has 0 unspecified atom stereocenters. The molecule has 1 N–H and O–H groups in total. The monoisotopic (exact) mass is 359 g/mol. The Bertz CT molecular complexity index is 508. The number of amides is 1. The molecule has 0 saturated heterocycles. The standard InChI is InChI=1S/C14H18BrNO3S/c1-16(8-10-6-11(15)20-9-10)12(17)7-14(13(18)19)4-2-3-5-14/h6,9H,2-5,7-8H2,1H3,(H,18,19). The van der Waals surface area contributed by atoms with Crippen LogP contribution < -0.4 is 0 Å². The largest absolute Gasteiger partial charge is 0.481 e. The van der Waals surface area contributed by atoms with Gasteiger partial charge in [-0.1, -0.05) is 12.8 Å². The van der Waals surface area contributed by atoms with Gasteiger partial charge < -0.3 is 10.0 Å². The zero-order valence-electron chi connectivity index (χ0n) is 11.4. The smallest absolute Gasteiger partial charge is 0.310 e. The van der Waals surface area contributed by atoms with E-state index >= 15 is 0 Å². The highest BCUT2D eigenvalue weighted by Gasteiger charge is 2.43. The van der Waals surface area contributed by atoms with Crippen LogP contribution in [0.1, 0.15) is 37.7 Å². The summed E-state index contributed by atoms with van der Waals surface area (Å²) in [6, 6.07) is 1.98. The summed E-state index contributed by atoms with van der Waals surface area (Å²) in [7, 11) is 1.73. The summed E-state index contributed by atoms with van der Waals surface area (Å²) in [5, 5.41) is 11.4. The Kier molecular flexibility index (Phi) is 4.86. The SMILES string of the molecule is CN(Cc1csc(Br)c1)C(=O)CC1(C(=O)O)CCCC1. The topological polar surface area (TPSA) is 57.6 Å². The highest BCUT2D eigenvalue weighted by atomic mass is 79.9. The summed E-state index contributed by atoms with van der Waals surface area (Å²) in [6.45, 7) is 0.524. The predicted octanol–water partition coefficient (Wildman–Crippen LogP) is 3.50. The highest BCUT2D eigenvalue weighted by Crippen LogP contribution is 2.41. The number of thiophene rings is 1. The van der Waals surface area contributed by atoms with Crippen LogP contribution in [0.15, 0.2) is 15.2 Å². The average Bonchev–Trinajstić information content (AvgIpc) is 2.99. The van der Waals surface area contributed by atoms with Crippen LogP contribution in [0.25, 0.3) is 0 Å². The van der Waals surface area contributed by atoms with E-state index in [0.717, 1.165) is 22.2 Å². The first-order valence-electron chi connectivity index (χ1n) is 6.63. The van der Waals surface area contributed by atoms with Crippen molar-refractivity contribution in [2.24, 2.45) is 5.41 Å². The van der Waals surface area contributed by atoms with Crippen LogP contribution in [-0.2, 0) is 16.1 Å². The van der Waals surface area contributed by atoms with E-state index in [1.807, 2.05) is 11.4 Å². The molecule has 0 spiro atoms. The number of nitrogens with zero attached hydrogens (tertiary/aromatic N) is 1. The lowest BCUT2D eigenvalue weighted by Crippen LogP contribution is -2.36. The van der Waals surface area contributed by atoms with Crippen molar-refractivity contribution in [3.63, 3.8) is 0 Å². The molecule has 1 fully saturated rings.